The van der Waals surface area contributed by atoms with E-state index in [0.29, 0.717) is 18.1 Å². The van der Waals surface area contributed by atoms with E-state index in [4.69, 9.17) is 13.7 Å². The van der Waals surface area contributed by atoms with E-state index in [1.165, 1.54) is 12.1 Å². The van der Waals surface area contributed by atoms with Crippen LogP contribution in [-0.4, -0.2) is 27.4 Å². The summed E-state index contributed by atoms with van der Waals surface area (Å²) in [4.78, 5) is 0. The maximum atomic E-state index is 10.9. The molecule has 1 aliphatic rings. The van der Waals surface area contributed by atoms with Crippen molar-refractivity contribution in [2.24, 2.45) is 0 Å². The Hall–Kier alpha value is -1.43. The molecule has 1 atom stereocenters. The summed E-state index contributed by atoms with van der Waals surface area (Å²) in [7, 11) is -3.51. The molecule has 2 rings (SSSR count). The first-order valence-corrected chi connectivity index (χ1v) is 6.59. The standard InChI is InChI=1S/C10H12O5S/c1-7-6-13-9-4-3-8(5-10(9)14-7)15-16(2,11)12/h3-5,7H,6H2,1-2H3. The monoisotopic (exact) mass is 244 g/mol. The molecule has 0 spiro atoms. The van der Waals surface area contributed by atoms with Gasteiger partial charge in [-0.25, -0.2) is 0 Å². The van der Waals surface area contributed by atoms with Crippen LogP contribution < -0.4 is 13.7 Å². The highest BCUT2D eigenvalue weighted by atomic mass is 32.2. The lowest BCUT2D eigenvalue weighted by Crippen LogP contribution is -2.25. The van der Waals surface area contributed by atoms with E-state index in [-0.39, 0.29) is 11.9 Å². The Morgan fingerprint density at radius 1 is 1.38 bits per heavy atom. The van der Waals surface area contributed by atoms with Crippen LogP contribution in [0.15, 0.2) is 18.2 Å². The number of hydrogen-bond donors (Lipinski definition) is 0. The van der Waals surface area contributed by atoms with Gasteiger partial charge in [0.15, 0.2) is 11.5 Å². The first-order valence-electron chi connectivity index (χ1n) is 4.77. The Kier molecular flexibility index (Phi) is 2.67. The lowest BCUT2D eigenvalue weighted by Gasteiger charge is -2.24. The summed E-state index contributed by atoms with van der Waals surface area (Å²) in [6.07, 6.45) is 0.938. The average molecular weight is 244 g/mol. The first-order chi connectivity index (χ1) is 7.44. The zero-order valence-electron chi connectivity index (χ0n) is 8.97. The molecule has 1 heterocycles. The third kappa shape index (κ3) is 2.57. The molecule has 0 fully saturated rings. The van der Waals surface area contributed by atoms with Gasteiger partial charge in [-0.1, -0.05) is 0 Å². The molecule has 88 valence electrons. The number of benzene rings is 1. The van der Waals surface area contributed by atoms with E-state index in [9.17, 15) is 8.42 Å². The van der Waals surface area contributed by atoms with Gasteiger partial charge in [-0.2, -0.15) is 8.42 Å². The summed E-state index contributed by atoms with van der Waals surface area (Å²) in [5.41, 5.74) is 0. The van der Waals surface area contributed by atoms with Gasteiger partial charge in [0.1, 0.15) is 18.5 Å². The van der Waals surface area contributed by atoms with Gasteiger partial charge in [0.05, 0.1) is 6.26 Å². The fraction of sp³-hybridized carbons (Fsp3) is 0.400. The molecule has 16 heavy (non-hydrogen) atoms. The lowest BCUT2D eigenvalue weighted by molar-refractivity contribution is 0.104. The molecule has 1 aromatic rings. The summed E-state index contributed by atoms with van der Waals surface area (Å²) in [6.45, 7) is 2.35. The zero-order chi connectivity index (χ0) is 11.8. The predicted molar refractivity (Wildman–Crippen MR) is 57.5 cm³/mol. The second kappa shape index (κ2) is 3.86. The number of ether oxygens (including phenoxy) is 2. The second-order valence-electron chi connectivity index (χ2n) is 3.64. The van der Waals surface area contributed by atoms with Crippen molar-refractivity contribution in [3.05, 3.63) is 18.2 Å². The summed E-state index contributed by atoms with van der Waals surface area (Å²) in [5, 5.41) is 0. The van der Waals surface area contributed by atoms with Gasteiger partial charge in [0.2, 0.25) is 0 Å². The van der Waals surface area contributed by atoms with Crippen molar-refractivity contribution in [3.63, 3.8) is 0 Å². The Balaban J connectivity index is 2.28. The number of rotatable bonds is 2. The summed E-state index contributed by atoms with van der Waals surface area (Å²) in [5.74, 6) is 1.32. The van der Waals surface area contributed by atoms with Crippen molar-refractivity contribution in [1.82, 2.24) is 0 Å². The molecular formula is C10H12O5S. The van der Waals surface area contributed by atoms with Crippen molar-refractivity contribution in [1.29, 1.82) is 0 Å². The third-order valence-corrected chi connectivity index (χ3v) is 2.46. The topological polar surface area (TPSA) is 61.8 Å². The fourth-order valence-electron chi connectivity index (χ4n) is 1.38. The minimum absolute atomic E-state index is 0.0546. The largest absolute Gasteiger partial charge is 0.486 e. The van der Waals surface area contributed by atoms with Crippen LogP contribution in [0.5, 0.6) is 17.2 Å². The predicted octanol–water partition coefficient (Wildman–Crippen LogP) is 1.18. The van der Waals surface area contributed by atoms with Crippen LogP contribution in [0, 0.1) is 0 Å². The highest BCUT2D eigenvalue weighted by Crippen LogP contribution is 2.35. The molecule has 1 aromatic carbocycles. The smallest absolute Gasteiger partial charge is 0.306 e. The van der Waals surface area contributed by atoms with Gasteiger partial charge in [0, 0.05) is 6.07 Å². The molecule has 1 aliphatic heterocycles. The minimum Gasteiger partial charge on any atom is -0.486 e. The third-order valence-electron chi connectivity index (χ3n) is 1.96. The second-order valence-corrected chi connectivity index (χ2v) is 5.21. The Bertz CT molecular complexity index is 494. The van der Waals surface area contributed by atoms with Crippen molar-refractivity contribution in [2.45, 2.75) is 13.0 Å². The zero-order valence-corrected chi connectivity index (χ0v) is 9.78. The molecule has 1 unspecified atom stereocenters. The summed E-state index contributed by atoms with van der Waals surface area (Å²) in [6, 6.07) is 4.66. The fourth-order valence-corrected chi connectivity index (χ4v) is 1.84. The van der Waals surface area contributed by atoms with Gasteiger partial charge >= 0.3 is 10.1 Å². The normalized spacial score (nSPS) is 19.2. The van der Waals surface area contributed by atoms with Gasteiger partial charge < -0.3 is 13.7 Å². The van der Waals surface area contributed by atoms with Crippen LogP contribution in [0.2, 0.25) is 0 Å². The van der Waals surface area contributed by atoms with Crippen LogP contribution in [0.1, 0.15) is 6.92 Å². The lowest BCUT2D eigenvalue weighted by atomic mass is 10.2. The summed E-state index contributed by atoms with van der Waals surface area (Å²) < 4.78 is 37.5. The van der Waals surface area contributed by atoms with Gasteiger partial charge in [-0.05, 0) is 19.1 Å². The maximum absolute atomic E-state index is 10.9. The number of hydrogen-bond acceptors (Lipinski definition) is 5. The molecule has 0 aromatic heterocycles. The van der Waals surface area contributed by atoms with Crippen LogP contribution in [-0.2, 0) is 10.1 Å². The van der Waals surface area contributed by atoms with Crippen LogP contribution in [0.3, 0.4) is 0 Å². The Morgan fingerprint density at radius 2 is 2.12 bits per heavy atom. The van der Waals surface area contributed by atoms with E-state index in [2.05, 4.69) is 0 Å². The SMILES string of the molecule is CC1COc2ccc(OS(C)(=O)=O)cc2O1. The number of fused-ring (bicyclic) bond motifs is 1. The van der Waals surface area contributed by atoms with Crippen molar-refractivity contribution < 1.29 is 22.1 Å². The molecule has 6 heteroatoms. The molecule has 0 radical (unpaired) electrons. The molecule has 0 aliphatic carbocycles. The van der Waals surface area contributed by atoms with E-state index in [1.54, 1.807) is 6.07 Å². The Morgan fingerprint density at radius 3 is 2.81 bits per heavy atom. The van der Waals surface area contributed by atoms with Crippen molar-refractivity contribution >= 4 is 10.1 Å². The first kappa shape index (κ1) is 11.1. The summed E-state index contributed by atoms with van der Waals surface area (Å²) >= 11 is 0. The van der Waals surface area contributed by atoms with Gasteiger partial charge in [0.25, 0.3) is 0 Å². The van der Waals surface area contributed by atoms with Crippen LogP contribution >= 0.6 is 0 Å². The quantitative estimate of drug-likeness (QED) is 0.731. The van der Waals surface area contributed by atoms with Gasteiger partial charge in [-0.15, -0.1) is 0 Å². The molecular weight excluding hydrogens is 232 g/mol. The van der Waals surface area contributed by atoms with E-state index in [0.717, 1.165) is 6.26 Å². The van der Waals surface area contributed by atoms with E-state index < -0.39 is 10.1 Å². The van der Waals surface area contributed by atoms with E-state index in [1.807, 2.05) is 6.92 Å². The molecule has 0 amide bonds. The minimum atomic E-state index is -3.51. The molecule has 0 bridgehead atoms. The van der Waals surface area contributed by atoms with Crippen molar-refractivity contribution in [2.75, 3.05) is 12.9 Å². The van der Waals surface area contributed by atoms with Crippen molar-refractivity contribution in [3.8, 4) is 17.2 Å². The highest BCUT2D eigenvalue weighted by Gasteiger charge is 2.18. The molecule has 0 N–H and O–H groups in total. The van der Waals surface area contributed by atoms with E-state index >= 15 is 0 Å². The molecule has 5 nitrogen and oxygen atoms in total. The Labute approximate surface area is 94.1 Å². The average Bonchev–Trinajstić information content (AvgIpc) is 2.14. The molecule has 0 saturated carbocycles. The maximum Gasteiger partial charge on any atom is 0.306 e. The highest BCUT2D eigenvalue weighted by molar-refractivity contribution is 7.86. The van der Waals surface area contributed by atoms with Crippen LogP contribution in [0.4, 0.5) is 0 Å². The van der Waals surface area contributed by atoms with Crippen LogP contribution in [0.25, 0.3) is 0 Å². The van der Waals surface area contributed by atoms with Gasteiger partial charge in [-0.3, -0.25) is 0 Å². The molecule has 0 saturated heterocycles.